The Morgan fingerprint density at radius 2 is 1.88 bits per heavy atom. The molecule has 1 aliphatic heterocycles. The molecule has 1 aromatic rings. The monoisotopic (exact) mass is 257 g/mol. The van der Waals surface area contributed by atoms with E-state index in [1.807, 2.05) is 0 Å². The summed E-state index contributed by atoms with van der Waals surface area (Å²) in [5.74, 6) is 0.374. The van der Waals surface area contributed by atoms with Crippen LogP contribution in [0.5, 0.6) is 5.75 Å². The second kappa shape index (κ2) is 5.03. The molecule has 0 radical (unpaired) electrons. The number of nitrogens with zero attached hydrogens (tertiary/aromatic N) is 1. The average Bonchev–Trinajstić information content (AvgIpc) is 2.39. The summed E-state index contributed by atoms with van der Waals surface area (Å²) in [7, 11) is -2.01. The van der Waals surface area contributed by atoms with Crippen LogP contribution < -0.4 is 4.74 Å². The summed E-state index contributed by atoms with van der Waals surface area (Å²) in [5, 5.41) is 0. The van der Waals surface area contributed by atoms with Crippen molar-refractivity contribution in [3.8, 4) is 5.75 Å². The number of hydrogen-bond donors (Lipinski definition) is 0. The van der Waals surface area contributed by atoms with Crippen molar-refractivity contribution in [1.29, 1.82) is 0 Å². The first-order valence-electron chi connectivity index (χ1n) is 5.37. The maximum Gasteiger partial charge on any atom is 0.246 e. The third kappa shape index (κ3) is 2.43. The van der Waals surface area contributed by atoms with Gasteiger partial charge in [-0.2, -0.15) is 4.31 Å². The number of benzene rings is 1. The van der Waals surface area contributed by atoms with E-state index in [4.69, 9.17) is 9.47 Å². The van der Waals surface area contributed by atoms with E-state index in [1.165, 1.54) is 11.4 Å². The van der Waals surface area contributed by atoms with Crippen LogP contribution >= 0.6 is 0 Å². The van der Waals surface area contributed by atoms with Crippen molar-refractivity contribution >= 4 is 10.0 Å². The molecule has 5 nitrogen and oxygen atoms in total. The van der Waals surface area contributed by atoms with Crippen LogP contribution in [0.4, 0.5) is 0 Å². The fourth-order valence-electron chi connectivity index (χ4n) is 1.76. The Kier molecular flexibility index (Phi) is 3.66. The van der Waals surface area contributed by atoms with E-state index in [-0.39, 0.29) is 4.90 Å². The molecule has 1 heterocycles. The van der Waals surface area contributed by atoms with Crippen molar-refractivity contribution in [1.82, 2.24) is 4.31 Å². The molecule has 0 bridgehead atoms. The molecular weight excluding hydrogens is 242 g/mol. The topological polar surface area (TPSA) is 55.8 Å². The lowest BCUT2D eigenvalue weighted by atomic mass is 10.3. The zero-order valence-corrected chi connectivity index (χ0v) is 10.4. The van der Waals surface area contributed by atoms with Crippen molar-refractivity contribution < 1.29 is 17.9 Å². The molecule has 0 N–H and O–H groups in total. The van der Waals surface area contributed by atoms with E-state index in [0.717, 1.165) is 0 Å². The van der Waals surface area contributed by atoms with E-state index in [0.29, 0.717) is 32.1 Å². The molecule has 1 fully saturated rings. The van der Waals surface area contributed by atoms with Gasteiger partial charge in [0.15, 0.2) is 0 Å². The summed E-state index contributed by atoms with van der Waals surface area (Å²) in [6.07, 6.45) is 0. The van der Waals surface area contributed by atoms with Gasteiger partial charge < -0.3 is 9.47 Å². The first-order valence-corrected chi connectivity index (χ1v) is 6.81. The predicted molar refractivity (Wildman–Crippen MR) is 62.6 cm³/mol. The first-order chi connectivity index (χ1) is 8.16. The number of ether oxygens (including phenoxy) is 2. The van der Waals surface area contributed by atoms with Gasteiger partial charge in [0.2, 0.25) is 10.0 Å². The Labute approximate surface area is 101 Å². The van der Waals surface area contributed by atoms with Crippen LogP contribution in [0.25, 0.3) is 0 Å². The zero-order chi connectivity index (χ0) is 12.3. The zero-order valence-electron chi connectivity index (χ0n) is 9.63. The van der Waals surface area contributed by atoms with Gasteiger partial charge in [-0.15, -0.1) is 0 Å². The van der Waals surface area contributed by atoms with Crippen molar-refractivity contribution in [3.63, 3.8) is 0 Å². The molecule has 94 valence electrons. The molecule has 0 aromatic heterocycles. The highest BCUT2D eigenvalue weighted by Crippen LogP contribution is 2.26. The second-order valence-electron chi connectivity index (χ2n) is 3.67. The smallest absolute Gasteiger partial charge is 0.246 e. The number of morpholine rings is 1. The highest BCUT2D eigenvalue weighted by molar-refractivity contribution is 7.89. The number of hydrogen-bond acceptors (Lipinski definition) is 4. The number of rotatable bonds is 3. The normalized spacial score (nSPS) is 17.9. The van der Waals surface area contributed by atoms with Crippen LogP contribution in [-0.4, -0.2) is 46.1 Å². The van der Waals surface area contributed by atoms with Gasteiger partial charge in [-0.3, -0.25) is 0 Å². The minimum absolute atomic E-state index is 0.212. The molecule has 1 aromatic carbocycles. The molecule has 0 spiro atoms. The Morgan fingerprint density at radius 3 is 2.53 bits per heavy atom. The third-order valence-electron chi connectivity index (χ3n) is 2.66. The fraction of sp³-hybridized carbons (Fsp3) is 0.455. The van der Waals surface area contributed by atoms with Gasteiger partial charge in [0.25, 0.3) is 0 Å². The summed E-state index contributed by atoms with van der Waals surface area (Å²) >= 11 is 0. The van der Waals surface area contributed by atoms with Gasteiger partial charge in [-0.25, -0.2) is 8.42 Å². The highest BCUT2D eigenvalue weighted by atomic mass is 32.2. The summed E-state index contributed by atoms with van der Waals surface area (Å²) in [4.78, 5) is 0.212. The molecule has 1 aliphatic rings. The Morgan fingerprint density at radius 1 is 1.24 bits per heavy atom. The SMILES string of the molecule is COc1ccccc1S(=O)(=O)N1CCOCC1. The molecule has 0 unspecified atom stereocenters. The van der Waals surface area contributed by atoms with E-state index in [1.54, 1.807) is 24.3 Å². The number of para-hydroxylation sites is 1. The number of sulfonamides is 1. The molecular formula is C11H15NO4S. The molecule has 0 saturated carbocycles. The third-order valence-corrected chi connectivity index (χ3v) is 4.60. The molecule has 0 amide bonds. The van der Waals surface area contributed by atoms with Gasteiger partial charge in [0.05, 0.1) is 20.3 Å². The quantitative estimate of drug-likeness (QED) is 0.800. The highest BCUT2D eigenvalue weighted by Gasteiger charge is 2.28. The minimum Gasteiger partial charge on any atom is -0.495 e. The molecule has 17 heavy (non-hydrogen) atoms. The van der Waals surface area contributed by atoms with Crippen LogP contribution in [0.15, 0.2) is 29.2 Å². The van der Waals surface area contributed by atoms with Crippen molar-refractivity contribution in [2.75, 3.05) is 33.4 Å². The van der Waals surface area contributed by atoms with E-state index in [9.17, 15) is 8.42 Å². The Bertz CT molecular complexity index is 480. The van der Waals surface area contributed by atoms with Crippen molar-refractivity contribution in [2.24, 2.45) is 0 Å². The summed E-state index contributed by atoms with van der Waals surface area (Å²) < 4.78 is 36.4. The summed E-state index contributed by atoms with van der Waals surface area (Å²) in [6.45, 7) is 1.66. The first kappa shape index (κ1) is 12.3. The van der Waals surface area contributed by atoms with E-state index < -0.39 is 10.0 Å². The lowest BCUT2D eigenvalue weighted by Crippen LogP contribution is -2.40. The van der Waals surface area contributed by atoms with E-state index in [2.05, 4.69) is 0 Å². The lowest BCUT2D eigenvalue weighted by Gasteiger charge is -2.26. The van der Waals surface area contributed by atoms with Gasteiger partial charge >= 0.3 is 0 Å². The Hall–Kier alpha value is -1.11. The standard InChI is InChI=1S/C11H15NO4S/c1-15-10-4-2-3-5-11(10)17(13,14)12-6-8-16-9-7-12/h2-5H,6-9H2,1H3. The second-order valence-corrected chi connectivity index (χ2v) is 5.57. The molecule has 6 heteroatoms. The largest absolute Gasteiger partial charge is 0.495 e. The van der Waals surface area contributed by atoms with Gasteiger partial charge in [-0.1, -0.05) is 12.1 Å². The van der Waals surface area contributed by atoms with Crippen molar-refractivity contribution in [3.05, 3.63) is 24.3 Å². The lowest BCUT2D eigenvalue weighted by molar-refractivity contribution is 0.0729. The van der Waals surface area contributed by atoms with E-state index >= 15 is 0 Å². The predicted octanol–water partition coefficient (Wildman–Crippen LogP) is 0.716. The fourth-order valence-corrected chi connectivity index (χ4v) is 3.32. The molecule has 0 aliphatic carbocycles. The maximum atomic E-state index is 12.4. The number of methoxy groups -OCH3 is 1. The summed E-state index contributed by atoms with van der Waals surface area (Å²) in [6, 6.07) is 6.64. The van der Waals surface area contributed by atoms with Crippen LogP contribution in [0.3, 0.4) is 0 Å². The summed E-state index contributed by atoms with van der Waals surface area (Å²) in [5.41, 5.74) is 0. The van der Waals surface area contributed by atoms with Crippen LogP contribution in [0.1, 0.15) is 0 Å². The Balaban J connectivity index is 2.36. The van der Waals surface area contributed by atoms with Crippen LogP contribution in [-0.2, 0) is 14.8 Å². The minimum atomic E-state index is -3.48. The maximum absolute atomic E-state index is 12.4. The van der Waals surface area contributed by atoms with Gasteiger partial charge in [-0.05, 0) is 12.1 Å². The van der Waals surface area contributed by atoms with Crippen LogP contribution in [0, 0.1) is 0 Å². The molecule has 1 saturated heterocycles. The van der Waals surface area contributed by atoms with Gasteiger partial charge in [0, 0.05) is 13.1 Å². The van der Waals surface area contributed by atoms with Crippen LogP contribution in [0.2, 0.25) is 0 Å². The molecule has 0 atom stereocenters. The van der Waals surface area contributed by atoms with Crippen molar-refractivity contribution in [2.45, 2.75) is 4.90 Å². The average molecular weight is 257 g/mol. The van der Waals surface area contributed by atoms with Gasteiger partial charge in [0.1, 0.15) is 10.6 Å². The molecule has 2 rings (SSSR count).